The van der Waals surface area contributed by atoms with Crippen molar-refractivity contribution >= 4 is 34.7 Å². The van der Waals surface area contributed by atoms with Gasteiger partial charge in [0, 0.05) is 18.4 Å². The number of amides is 1. The lowest BCUT2D eigenvalue weighted by Gasteiger charge is -2.19. The largest absolute Gasteiger partial charge is 0.477 e. The molecule has 2 heterocycles. The van der Waals surface area contributed by atoms with Crippen molar-refractivity contribution in [1.82, 2.24) is 14.9 Å². The van der Waals surface area contributed by atoms with Crippen molar-refractivity contribution in [3.63, 3.8) is 0 Å². The van der Waals surface area contributed by atoms with Gasteiger partial charge in [-0.2, -0.15) is 0 Å². The SMILES string of the molecule is CC(C)(C)OC(=O)NCc1ccc(-n2cc(C(=O)O)c(=O)c3cc(F)c(Cl)nc32)cc1. The minimum atomic E-state index is -1.45. The number of rotatable bonds is 4. The van der Waals surface area contributed by atoms with Gasteiger partial charge in [0.05, 0.1) is 5.39 Å². The van der Waals surface area contributed by atoms with Gasteiger partial charge in [0.15, 0.2) is 11.0 Å². The molecule has 0 bridgehead atoms. The predicted octanol–water partition coefficient (Wildman–Crippen LogP) is 3.90. The quantitative estimate of drug-likeness (QED) is 0.587. The first-order valence-electron chi connectivity index (χ1n) is 9.17. The number of fused-ring (bicyclic) bond motifs is 1. The molecule has 3 aromatic rings. The van der Waals surface area contributed by atoms with Gasteiger partial charge in [-0.1, -0.05) is 23.7 Å². The molecule has 0 spiro atoms. The van der Waals surface area contributed by atoms with Crippen molar-refractivity contribution in [3.05, 3.63) is 68.8 Å². The lowest BCUT2D eigenvalue weighted by Crippen LogP contribution is -2.32. The number of ether oxygens (including phenoxy) is 1. The summed E-state index contributed by atoms with van der Waals surface area (Å²) in [6, 6.07) is 7.54. The minimum Gasteiger partial charge on any atom is -0.477 e. The molecule has 0 saturated heterocycles. The van der Waals surface area contributed by atoms with Crippen molar-refractivity contribution in [1.29, 1.82) is 0 Å². The summed E-state index contributed by atoms with van der Waals surface area (Å²) in [6.07, 6.45) is 0.553. The van der Waals surface area contributed by atoms with E-state index in [0.717, 1.165) is 17.8 Å². The molecule has 8 nitrogen and oxygen atoms in total. The topological polar surface area (TPSA) is 111 Å². The highest BCUT2D eigenvalue weighted by Crippen LogP contribution is 2.21. The maximum absolute atomic E-state index is 13.9. The zero-order valence-electron chi connectivity index (χ0n) is 16.9. The summed E-state index contributed by atoms with van der Waals surface area (Å²) < 4.78 is 20.4. The van der Waals surface area contributed by atoms with Crippen LogP contribution in [0, 0.1) is 5.82 Å². The average molecular weight is 448 g/mol. The Bertz CT molecular complexity index is 1230. The van der Waals surface area contributed by atoms with E-state index in [-0.39, 0.29) is 17.6 Å². The van der Waals surface area contributed by atoms with Gasteiger partial charge in [-0.15, -0.1) is 0 Å². The van der Waals surface area contributed by atoms with Crippen LogP contribution in [0.2, 0.25) is 5.15 Å². The monoisotopic (exact) mass is 447 g/mol. The van der Waals surface area contributed by atoms with Crippen LogP contribution in [-0.4, -0.2) is 32.3 Å². The molecule has 2 aromatic heterocycles. The molecule has 10 heteroatoms. The van der Waals surface area contributed by atoms with Crippen LogP contribution in [0.25, 0.3) is 16.7 Å². The number of pyridine rings is 2. The number of nitrogens with zero attached hydrogens (tertiary/aromatic N) is 2. The number of hydrogen-bond donors (Lipinski definition) is 2. The van der Waals surface area contributed by atoms with Crippen molar-refractivity contribution < 1.29 is 23.8 Å². The minimum absolute atomic E-state index is 0.0148. The Hall–Kier alpha value is -3.46. The summed E-state index contributed by atoms with van der Waals surface area (Å²) in [5.41, 5.74) is -0.790. The third-order valence-electron chi connectivity index (χ3n) is 4.17. The van der Waals surface area contributed by atoms with Gasteiger partial charge in [-0.05, 0) is 44.5 Å². The molecule has 162 valence electrons. The van der Waals surface area contributed by atoms with Gasteiger partial charge in [0.25, 0.3) is 0 Å². The molecule has 0 atom stereocenters. The van der Waals surface area contributed by atoms with Gasteiger partial charge in [0.1, 0.15) is 16.8 Å². The third kappa shape index (κ3) is 5.00. The second-order valence-corrected chi connectivity index (χ2v) is 8.06. The van der Waals surface area contributed by atoms with Crippen LogP contribution in [0.1, 0.15) is 36.7 Å². The predicted molar refractivity (Wildman–Crippen MR) is 112 cm³/mol. The number of carbonyl (C=O) groups excluding carboxylic acids is 1. The normalized spacial score (nSPS) is 11.4. The number of aromatic carboxylic acids is 1. The van der Waals surface area contributed by atoms with E-state index < -0.39 is 39.6 Å². The number of carboxylic acids is 1. The average Bonchev–Trinajstić information content (AvgIpc) is 2.67. The van der Waals surface area contributed by atoms with E-state index >= 15 is 0 Å². The molecule has 0 saturated carbocycles. The van der Waals surface area contributed by atoms with E-state index in [1.807, 2.05) is 0 Å². The van der Waals surface area contributed by atoms with E-state index in [9.17, 15) is 23.9 Å². The van der Waals surface area contributed by atoms with Gasteiger partial charge >= 0.3 is 12.1 Å². The Balaban J connectivity index is 1.97. The molecule has 0 aliphatic rings. The van der Waals surface area contributed by atoms with Crippen molar-refractivity contribution in [3.8, 4) is 5.69 Å². The van der Waals surface area contributed by atoms with Crippen LogP contribution in [0.5, 0.6) is 0 Å². The molecule has 1 amide bonds. The van der Waals surface area contributed by atoms with E-state index in [2.05, 4.69) is 10.3 Å². The number of nitrogens with one attached hydrogen (secondary N) is 1. The summed E-state index contributed by atoms with van der Waals surface area (Å²) in [4.78, 5) is 39.6. The number of benzene rings is 1. The molecule has 0 fully saturated rings. The van der Waals surface area contributed by atoms with Gasteiger partial charge in [-0.25, -0.2) is 19.0 Å². The summed E-state index contributed by atoms with van der Waals surface area (Å²) in [5, 5.41) is 11.3. The molecule has 0 radical (unpaired) electrons. The molecule has 1 aromatic carbocycles. The Labute approximate surface area is 181 Å². The van der Waals surface area contributed by atoms with Gasteiger partial charge < -0.3 is 19.7 Å². The zero-order valence-corrected chi connectivity index (χ0v) is 17.7. The molecule has 31 heavy (non-hydrogen) atoms. The van der Waals surface area contributed by atoms with Crippen LogP contribution in [0.3, 0.4) is 0 Å². The van der Waals surface area contributed by atoms with E-state index in [1.165, 1.54) is 4.57 Å². The molecule has 0 unspecified atom stereocenters. The fourth-order valence-electron chi connectivity index (χ4n) is 2.81. The van der Waals surface area contributed by atoms with Crippen LogP contribution in [0.15, 0.2) is 41.3 Å². The number of carbonyl (C=O) groups is 2. The molecule has 3 rings (SSSR count). The summed E-state index contributed by atoms with van der Waals surface area (Å²) in [6.45, 7) is 5.48. The second kappa shape index (κ2) is 8.35. The smallest absolute Gasteiger partial charge is 0.407 e. The number of halogens is 2. The molecule has 0 aliphatic heterocycles. The van der Waals surface area contributed by atoms with Crippen molar-refractivity contribution in [2.75, 3.05) is 0 Å². The maximum atomic E-state index is 13.9. The molecule has 0 aliphatic carbocycles. The Morgan fingerprint density at radius 3 is 2.48 bits per heavy atom. The van der Waals surface area contributed by atoms with E-state index in [1.54, 1.807) is 45.0 Å². The summed E-state index contributed by atoms with van der Waals surface area (Å²) in [5.74, 6) is -2.38. The Kier molecular flexibility index (Phi) is 5.99. The van der Waals surface area contributed by atoms with Crippen molar-refractivity contribution in [2.24, 2.45) is 0 Å². The number of aromatic nitrogens is 2. The lowest BCUT2D eigenvalue weighted by atomic mass is 10.1. The first-order valence-corrected chi connectivity index (χ1v) is 9.55. The number of hydrogen-bond acceptors (Lipinski definition) is 5. The van der Waals surface area contributed by atoms with Crippen LogP contribution in [0.4, 0.5) is 9.18 Å². The Morgan fingerprint density at radius 2 is 1.90 bits per heavy atom. The van der Waals surface area contributed by atoms with E-state index in [4.69, 9.17) is 16.3 Å². The highest BCUT2D eigenvalue weighted by Gasteiger charge is 2.19. The fraction of sp³-hybridized carbons (Fsp3) is 0.238. The Morgan fingerprint density at radius 1 is 1.26 bits per heavy atom. The highest BCUT2D eigenvalue weighted by molar-refractivity contribution is 6.29. The first-order chi connectivity index (χ1) is 14.5. The fourth-order valence-corrected chi connectivity index (χ4v) is 2.95. The molecular weight excluding hydrogens is 429 g/mol. The summed E-state index contributed by atoms with van der Waals surface area (Å²) in [7, 11) is 0. The lowest BCUT2D eigenvalue weighted by molar-refractivity contribution is 0.0523. The molecule has 2 N–H and O–H groups in total. The first kappa shape index (κ1) is 22.2. The van der Waals surface area contributed by atoms with E-state index in [0.29, 0.717) is 5.69 Å². The standard InChI is InChI=1S/C21H19ClFN3O5/c1-21(2,3)31-20(30)24-9-11-4-6-12(7-5-11)26-10-14(19(28)29)16(27)13-8-15(23)17(22)25-18(13)26/h4-8,10H,9H2,1-3H3,(H,24,30)(H,28,29). The highest BCUT2D eigenvalue weighted by atomic mass is 35.5. The number of carboxylic acid groups (broad SMARTS) is 1. The number of alkyl carbamates (subject to hydrolysis) is 1. The zero-order chi connectivity index (χ0) is 22.9. The summed E-state index contributed by atoms with van der Waals surface area (Å²) >= 11 is 5.77. The maximum Gasteiger partial charge on any atom is 0.407 e. The third-order valence-corrected chi connectivity index (χ3v) is 4.43. The van der Waals surface area contributed by atoms with Gasteiger partial charge in [0.2, 0.25) is 5.43 Å². The molecular formula is C21H19ClFN3O5. The van der Waals surface area contributed by atoms with Gasteiger partial charge in [-0.3, -0.25) is 4.79 Å². The van der Waals surface area contributed by atoms with Crippen LogP contribution < -0.4 is 10.7 Å². The van der Waals surface area contributed by atoms with Crippen molar-refractivity contribution in [2.45, 2.75) is 32.9 Å². The van der Waals surface area contributed by atoms with Crippen LogP contribution >= 0.6 is 11.6 Å². The van der Waals surface area contributed by atoms with Crippen LogP contribution in [-0.2, 0) is 11.3 Å². The second-order valence-electron chi connectivity index (χ2n) is 7.70.